The van der Waals surface area contributed by atoms with Crippen molar-refractivity contribution < 1.29 is 24.6 Å². The zero-order valence-corrected chi connectivity index (χ0v) is 11.7. The molecule has 0 aliphatic carbocycles. The van der Waals surface area contributed by atoms with E-state index in [-0.39, 0.29) is 6.04 Å². The number of carboxylic acid groups (broad SMARTS) is 2. The van der Waals surface area contributed by atoms with Crippen LogP contribution in [-0.4, -0.2) is 64.3 Å². The van der Waals surface area contributed by atoms with E-state index >= 15 is 0 Å². The number of nitrogens with zero attached hydrogens (tertiary/aromatic N) is 1. The normalized spacial score (nSPS) is 26.7. The molecule has 0 radical (unpaired) electrons. The molecular weight excluding hydrogens is 278 g/mol. The van der Waals surface area contributed by atoms with Crippen molar-refractivity contribution in [2.75, 3.05) is 13.1 Å². The molecule has 2 aliphatic heterocycles. The molecule has 118 valence electrons. The molecule has 0 aromatic carbocycles. The Morgan fingerprint density at radius 1 is 1.19 bits per heavy atom. The van der Waals surface area contributed by atoms with Gasteiger partial charge >= 0.3 is 18.0 Å². The summed E-state index contributed by atoms with van der Waals surface area (Å²) in [5, 5.41) is 22.5. The van der Waals surface area contributed by atoms with Gasteiger partial charge in [0.25, 0.3) is 0 Å². The molecule has 2 saturated heterocycles. The van der Waals surface area contributed by atoms with Crippen LogP contribution in [0.5, 0.6) is 0 Å². The lowest BCUT2D eigenvalue weighted by atomic mass is 9.98. The molecule has 0 bridgehead atoms. The molecule has 4 N–H and O–H groups in total. The lowest BCUT2D eigenvalue weighted by Crippen LogP contribution is -2.53. The van der Waals surface area contributed by atoms with Crippen LogP contribution in [0.25, 0.3) is 0 Å². The highest BCUT2D eigenvalue weighted by Crippen LogP contribution is 2.26. The fraction of sp³-hybridized carbons (Fsp3) is 0.769. The maximum Gasteiger partial charge on any atom is 0.326 e. The molecule has 21 heavy (non-hydrogen) atoms. The van der Waals surface area contributed by atoms with Gasteiger partial charge in [-0.1, -0.05) is 0 Å². The number of rotatable bonds is 5. The monoisotopic (exact) mass is 299 g/mol. The first-order valence-electron chi connectivity index (χ1n) is 7.21. The van der Waals surface area contributed by atoms with Gasteiger partial charge in [0.1, 0.15) is 6.04 Å². The van der Waals surface area contributed by atoms with Crippen LogP contribution in [-0.2, 0) is 9.59 Å². The summed E-state index contributed by atoms with van der Waals surface area (Å²) in [6.07, 6.45) is 3.38. The number of amides is 2. The van der Waals surface area contributed by atoms with Gasteiger partial charge in [0, 0.05) is 18.6 Å². The summed E-state index contributed by atoms with van der Waals surface area (Å²) in [5.74, 6) is -2.61. The van der Waals surface area contributed by atoms with Crippen molar-refractivity contribution >= 4 is 18.0 Å². The van der Waals surface area contributed by atoms with Crippen LogP contribution < -0.4 is 10.6 Å². The third-order valence-corrected chi connectivity index (χ3v) is 4.14. The highest BCUT2D eigenvalue weighted by molar-refractivity contribution is 5.86. The Balaban J connectivity index is 1.80. The molecular formula is C13H21N3O5. The Bertz CT molecular complexity index is 428. The number of carbonyl (C=O) groups excluding carboxylic acids is 1. The van der Waals surface area contributed by atoms with Crippen LogP contribution in [0.3, 0.4) is 0 Å². The molecule has 0 aromatic heterocycles. The van der Waals surface area contributed by atoms with E-state index in [0.29, 0.717) is 6.04 Å². The Morgan fingerprint density at radius 3 is 2.62 bits per heavy atom. The quantitative estimate of drug-likeness (QED) is 0.560. The zero-order valence-electron chi connectivity index (χ0n) is 11.7. The fourth-order valence-electron chi connectivity index (χ4n) is 3.12. The number of hydrogen-bond acceptors (Lipinski definition) is 4. The minimum absolute atomic E-state index is 0.0172. The second-order valence-corrected chi connectivity index (χ2v) is 5.66. The average Bonchev–Trinajstić information content (AvgIpc) is 2.84. The number of urea groups is 1. The van der Waals surface area contributed by atoms with Gasteiger partial charge in [-0.25, -0.2) is 9.59 Å². The molecule has 0 spiro atoms. The molecule has 2 heterocycles. The highest BCUT2D eigenvalue weighted by Gasteiger charge is 2.32. The van der Waals surface area contributed by atoms with E-state index in [1.165, 1.54) is 6.42 Å². The maximum absolute atomic E-state index is 11.8. The van der Waals surface area contributed by atoms with Gasteiger partial charge < -0.3 is 25.7 Å². The lowest BCUT2D eigenvalue weighted by Gasteiger charge is -2.35. The second-order valence-electron chi connectivity index (χ2n) is 5.66. The van der Waals surface area contributed by atoms with Gasteiger partial charge in [-0.15, -0.1) is 0 Å². The van der Waals surface area contributed by atoms with Crippen LogP contribution in [0, 0.1) is 0 Å². The molecule has 2 fully saturated rings. The molecule has 3 unspecified atom stereocenters. The number of piperidine rings is 1. The molecule has 8 nitrogen and oxygen atoms in total. The Kier molecular flexibility index (Phi) is 5.00. The van der Waals surface area contributed by atoms with Crippen molar-refractivity contribution in [2.45, 2.75) is 50.2 Å². The van der Waals surface area contributed by atoms with E-state index in [1.807, 2.05) is 0 Å². The van der Waals surface area contributed by atoms with Crippen LogP contribution in [0.4, 0.5) is 4.79 Å². The summed E-state index contributed by atoms with van der Waals surface area (Å²) in [6.45, 7) is 2.05. The van der Waals surface area contributed by atoms with E-state index in [0.717, 1.165) is 32.4 Å². The van der Waals surface area contributed by atoms with Crippen LogP contribution in [0.1, 0.15) is 32.1 Å². The van der Waals surface area contributed by atoms with Crippen molar-refractivity contribution in [3.05, 3.63) is 0 Å². The maximum atomic E-state index is 11.8. The summed E-state index contributed by atoms with van der Waals surface area (Å²) < 4.78 is 0. The first-order valence-corrected chi connectivity index (χ1v) is 7.21. The standard InChI is InChI=1S/C13H21N3O5/c17-11(18)7-10(12(19)20)15-13(21)14-8-3-5-16-4-1-2-9(16)6-8/h8-10H,1-7H2,(H,17,18)(H,19,20)(H2,14,15,21). The minimum atomic E-state index is -1.41. The van der Waals surface area contributed by atoms with Gasteiger partial charge in [0.2, 0.25) is 0 Å². The van der Waals surface area contributed by atoms with Crippen LogP contribution in [0.2, 0.25) is 0 Å². The summed E-state index contributed by atoms with van der Waals surface area (Å²) in [6, 6.07) is -1.50. The number of carboxylic acids is 2. The molecule has 2 rings (SSSR count). The zero-order chi connectivity index (χ0) is 15.4. The number of aliphatic carboxylic acids is 2. The summed E-state index contributed by atoms with van der Waals surface area (Å²) in [7, 11) is 0. The number of hydrogen-bond donors (Lipinski definition) is 4. The second kappa shape index (κ2) is 6.75. The first kappa shape index (κ1) is 15.6. The first-order chi connectivity index (χ1) is 9.95. The van der Waals surface area contributed by atoms with Crippen LogP contribution in [0.15, 0.2) is 0 Å². The van der Waals surface area contributed by atoms with Crippen molar-refractivity contribution in [3.8, 4) is 0 Å². The molecule has 0 aromatic rings. The minimum Gasteiger partial charge on any atom is -0.481 e. The molecule has 3 atom stereocenters. The summed E-state index contributed by atoms with van der Waals surface area (Å²) in [4.78, 5) is 35.7. The largest absolute Gasteiger partial charge is 0.481 e. The predicted molar refractivity (Wildman–Crippen MR) is 73.0 cm³/mol. The number of fused-ring (bicyclic) bond motifs is 1. The Hall–Kier alpha value is -1.83. The van der Waals surface area contributed by atoms with E-state index < -0.39 is 30.4 Å². The van der Waals surface area contributed by atoms with Gasteiger partial charge in [0.05, 0.1) is 6.42 Å². The van der Waals surface area contributed by atoms with Gasteiger partial charge in [-0.3, -0.25) is 4.79 Å². The third-order valence-electron chi connectivity index (χ3n) is 4.14. The Labute approximate surface area is 122 Å². The van der Waals surface area contributed by atoms with Crippen molar-refractivity contribution in [1.29, 1.82) is 0 Å². The average molecular weight is 299 g/mol. The van der Waals surface area contributed by atoms with Crippen molar-refractivity contribution in [2.24, 2.45) is 0 Å². The SMILES string of the molecule is O=C(O)CC(NC(=O)NC1CCN2CCCC2C1)C(=O)O. The lowest BCUT2D eigenvalue weighted by molar-refractivity contribution is -0.145. The molecule has 0 saturated carbocycles. The van der Waals surface area contributed by atoms with Gasteiger partial charge in [-0.05, 0) is 32.2 Å². The van der Waals surface area contributed by atoms with Crippen molar-refractivity contribution in [1.82, 2.24) is 15.5 Å². The molecule has 2 aliphatic rings. The topological polar surface area (TPSA) is 119 Å². The third kappa shape index (κ3) is 4.32. The van der Waals surface area contributed by atoms with E-state index in [1.54, 1.807) is 0 Å². The number of nitrogens with one attached hydrogen (secondary N) is 2. The van der Waals surface area contributed by atoms with Crippen molar-refractivity contribution in [3.63, 3.8) is 0 Å². The van der Waals surface area contributed by atoms with E-state index in [4.69, 9.17) is 10.2 Å². The van der Waals surface area contributed by atoms with E-state index in [9.17, 15) is 14.4 Å². The van der Waals surface area contributed by atoms with Crippen LogP contribution >= 0.6 is 0 Å². The molecule has 8 heteroatoms. The Morgan fingerprint density at radius 2 is 1.95 bits per heavy atom. The molecule has 2 amide bonds. The fourth-order valence-corrected chi connectivity index (χ4v) is 3.12. The summed E-state index contributed by atoms with van der Waals surface area (Å²) >= 11 is 0. The predicted octanol–water partition coefficient (Wildman–Crippen LogP) is -0.160. The summed E-state index contributed by atoms with van der Waals surface area (Å²) in [5.41, 5.74) is 0. The number of carbonyl (C=O) groups is 3. The smallest absolute Gasteiger partial charge is 0.326 e. The van der Waals surface area contributed by atoms with Gasteiger partial charge in [-0.2, -0.15) is 0 Å². The highest BCUT2D eigenvalue weighted by atomic mass is 16.4. The van der Waals surface area contributed by atoms with Gasteiger partial charge in [0.15, 0.2) is 0 Å². The van der Waals surface area contributed by atoms with E-state index in [2.05, 4.69) is 15.5 Å².